The highest BCUT2D eigenvalue weighted by atomic mass is 127. The zero-order chi connectivity index (χ0) is 16.7. The number of rotatable bonds is 5. The predicted octanol–water partition coefficient (Wildman–Crippen LogP) is 2.83. The average Bonchev–Trinajstić information content (AvgIpc) is 2.60. The van der Waals surface area contributed by atoms with Crippen LogP contribution in [0, 0.1) is 0 Å². The van der Waals surface area contributed by atoms with Crippen LogP contribution in [0.3, 0.4) is 0 Å². The largest absolute Gasteiger partial charge is 0.497 e. The Morgan fingerprint density at radius 2 is 2.08 bits per heavy atom. The second kappa shape index (κ2) is 10.4. The van der Waals surface area contributed by atoms with Crippen LogP contribution in [0.4, 0.5) is 5.69 Å². The van der Waals surface area contributed by atoms with Crippen molar-refractivity contribution in [2.45, 2.75) is 38.1 Å². The molecule has 0 unspecified atom stereocenters. The van der Waals surface area contributed by atoms with Crippen molar-refractivity contribution in [3.05, 3.63) is 24.3 Å². The predicted molar refractivity (Wildman–Crippen MR) is 108 cm³/mol. The molecule has 0 aliphatic heterocycles. The Labute approximate surface area is 160 Å². The van der Waals surface area contributed by atoms with Crippen molar-refractivity contribution in [3.8, 4) is 5.75 Å². The normalized spacial score (nSPS) is 15.3. The first-order chi connectivity index (χ1) is 11.1. The molecule has 0 spiro atoms. The van der Waals surface area contributed by atoms with Gasteiger partial charge in [-0.05, 0) is 25.0 Å². The number of hydrogen-bond donors (Lipinski definition) is 2. The summed E-state index contributed by atoms with van der Waals surface area (Å²) in [6.45, 7) is 0.0653. The molecule has 24 heavy (non-hydrogen) atoms. The van der Waals surface area contributed by atoms with E-state index in [-0.39, 0.29) is 42.4 Å². The highest BCUT2D eigenvalue weighted by Crippen LogP contribution is 2.21. The molecule has 0 heterocycles. The first-order valence-electron chi connectivity index (χ1n) is 8.07. The van der Waals surface area contributed by atoms with Crippen LogP contribution in [-0.4, -0.2) is 43.5 Å². The van der Waals surface area contributed by atoms with E-state index in [4.69, 9.17) is 10.5 Å². The zero-order valence-corrected chi connectivity index (χ0v) is 16.7. The Morgan fingerprint density at radius 1 is 1.38 bits per heavy atom. The lowest BCUT2D eigenvalue weighted by atomic mass is 9.94. The van der Waals surface area contributed by atoms with Crippen molar-refractivity contribution in [1.29, 1.82) is 0 Å². The third-order valence-corrected chi connectivity index (χ3v) is 4.24. The molecule has 0 atom stereocenters. The van der Waals surface area contributed by atoms with Gasteiger partial charge in [0, 0.05) is 24.8 Å². The molecule has 1 amide bonds. The number of nitrogens with two attached hydrogens (primary N) is 1. The van der Waals surface area contributed by atoms with E-state index in [1.807, 2.05) is 36.2 Å². The molecule has 3 N–H and O–H groups in total. The van der Waals surface area contributed by atoms with Gasteiger partial charge in [0.2, 0.25) is 5.91 Å². The van der Waals surface area contributed by atoms with Gasteiger partial charge in [0.05, 0.1) is 7.11 Å². The van der Waals surface area contributed by atoms with Crippen LogP contribution in [0.5, 0.6) is 5.75 Å². The van der Waals surface area contributed by atoms with E-state index in [9.17, 15) is 4.79 Å². The van der Waals surface area contributed by atoms with Crippen molar-refractivity contribution in [1.82, 2.24) is 4.90 Å². The van der Waals surface area contributed by atoms with Crippen molar-refractivity contribution < 1.29 is 9.53 Å². The molecular formula is C17H27IN4O2. The fourth-order valence-electron chi connectivity index (χ4n) is 2.82. The summed E-state index contributed by atoms with van der Waals surface area (Å²) >= 11 is 0. The Kier molecular flexibility index (Phi) is 8.88. The Balaban J connectivity index is 0.00000288. The van der Waals surface area contributed by atoms with Crippen molar-refractivity contribution >= 4 is 41.5 Å². The number of benzene rings is 1. The summed E-state index contributed by atoms with van der Waals surface area (Å²) in [5.74, 6) is 0.965. The van der Waals surface area contributed by atoms with Crippen molar-refractivity contribution in [2.24, 2.45) is 10.7 Å². The van der Waals surface area contributed by atoms with E-state index in [1.165, 1.54) is 19.3 Å². The van der Waals surface area contributed by atoms with Crippen LogP contribution in [0.2, 0.25) is 0 Å². The number of anilines is 1. The highest BCUT2D eigenvalue weighted by Gasteiger charge is 2.21. The summed E-state index contributed by atoms with van der Waals surface area (Å²) in [5, 5.41) is 2.97. The quantitative estimate of drug-likeness (QED) is 0.414. The van der Waals surface area contributed by atoms with Gasteiger partial charge in [0.15, 0.2) is 5.96 Å². The number of nitrogens with zero attached hydrogens (tertiary/aromatic N) is 2. The Morgan fingerprint density at radius 3 is 2.75 bits per heavy atom. The Hall–Kier alpha value is -1.51. The zero-order valence-electron chi connectivity index (χ0n) is 14.3. The maximum Gasteiger partial charge on any atom is 0.244 e. The minimum absolute atomic E-state index is 0. The topological polar surface area (TPSA) is 80.0 Å². The van der Waals surface area contributed by atoms with Crippen LogP contribution in [0.15, 0.2) is 29.3 Å². The number of methoxy groups -OCH3 is 1. The van der Waals surface area contributed by atoms with Gasteiger partial charge in [-0.25, -0.2) is 4.99 Å². The van der Waals surface area contributed by atoms with Gasteiger partial charge in [-0.15, -0.1) is 24.0 Å². The minimum atomic E-state index is 0. The number of amides is 1. The second-order valence-electron chi connectivity index (χ2n) is 5.85. The molecule has 0 aromatic heterocycles. The summed E-state index contributed by atoms with van der Waals surface area (Å²) < 4.78 is 5.15. The van der Waals surface area contributed by atoms with Crippen molar-refractivity contribution in [2.75, 3.05) is 26.0 Å². The summed E-state index contributed by atoms with van der Waals surface area (Å²) in [4.78, 5) is 18.2. The second-order valence-corrected chi connectivity index (χ2v) is 5.85. The average molecular weight is 446 g/mol. The van der Waals surface area contributed by atoms with Gasteiger partial charge in [0.1, 0.15) is 12.3 Å². The lowest BCUT2D eigenvalue weighted by Crippen LogP contribution is -2.40. The molecule has 0 radical (unpaired) electrons. The summed E-state index contributed by atoms with van der Waals surface area (Å²) in [6.07, 6.45) is 5.84. The number of aliphatic imine (C=N–C) groups is 1. The molecule has 0 bridgehead atoms. The van der Waals surface area contributed by atoms with Crippen LogP contribution < -0.4 is 15.8 Å². The SMILES string of the molecule is COc1cccc(NC(N)=NCC(=O)N(C)C2CCCCC2)c1.I. The summed E-state index contributed by atoms with van der Waals surface area (Å²) in [5.41, 5.74) is 6.63. The fraction of sp³-hybridized carbons (Fsp3) is 0.529. The highest BCUT2D eigenvalue weighted by molar-refractivity contribution is 14.0. The molecule has 1 aliphatic carbocycles. The lowest BCUT2D eigenvalue weighted by Gasteiger charge is -2.30. The summed E-state index contributed by atoms with van der Waals surface area (Å²) in [7, 11) is 3.47. The smallest absolute Gasteiger partial charge is 0.244 e. The van der Waals surface area contributed by atoms with E-state index in [1.54, 1.807) is 7.11 Å². The monoisotopic (exact) mass is 446 g/mol. The van der Waals surface area contributed by atoms with Gasteiger partial charge in [-0.3, -0.25) is 4.79 Å². The van der Waals surface area contributed by atoms with E-state index < -0.39 is 0 Å². The maximum atomic E-state index is 12.2. The molecule has 1 aromatic rings. The van der Waals surface area contributed by atoms with Gasteiger partial charge in [0.25, 0.3) is 0 Å². The molecule has 134 valence electrons. The number of halogens is 1. The number of guanidine groups is 1. The van der Waals surface area contributed by atoms with E-state index in [2.05, 4.69) is 10.3 Å². The molecule has 2 rings (SSSR count). The molecule has 7 heteroatoms. The first-order valence-corrected chi connectivity index (χ1v) is 8.07. The number of nitrogens with one attached hydrogen (secondary N) is 1. The van der Waals surface area contributed by atoms with Gasteiger partial charge in [-0.1, -0.05) is 25.3 Å². The van der Waals surface area contributed by atoms with Gasteiger partial charge < -0.3 is 20.7 Å². The molecular weight excluding hydrogens is 419 g/mol. The van der Waals surface area contributed by atoms with Gasteiger partial charge in [-0.2, -0.15) is 0 Å². The molecule has 1 aromatic carbocycles. The molecule has 1 saturated carbocycles. The van der Waals surface area contributed by atoms with Gasteiger partial charge >= 0.3 is 0 Å². The van der Waals surface area contributed by atoms with E-state index in [0.717, 1.165) is 24.3 Å². The number of carbonyl (C=O) groups is 1. The van der Waals surface area contributed by atoms with Crippen LogP contribution in [-0.2, 0) is 4.79 Å². The Bertz CT molecular complexity index is 559. The van der Waals surface area contributed by atoms with E-state index >= 15 is 0 Å². The fourth-order valence-corrected chi connectivity index (χ4v) is 2.82. The maximum absolute atomic E-state index is 12.2. The molecule has 6 nitrogen and oxygen atoms in total. The van der Waals surface area contributed by atoms with Crippen LogP contribution in [0.25, 0.3) is 0 Å². The molecule has 0 saturated heterocycles. The first kappa shape index (κ1) is 20.5. The number of carbonyl (C=O) groups excluding carboxylic acids is 1. The minimum Gasteiger partial charge on any atom is -0.497 e. The molecule has 1 fully saturated rings. The summed E-state index contributed by atoms with van der Waals surface area (Å²) in [6, 6.07) is 7.73. The van der Waals surface area contributed by atoms with E-state index in [0.29, 0.717) is 6.04 Å². The van der Waals surface area contributed by atoms with Crippen molar-refractivity contribution in [3.63, 3.8) is 0 Å². The third kappa shape index (κ3) is 6.18. The number of hydrogen-bond acceptors (Lipinski definition) is 3. The molecule has 1 aliphatic rings. The number of likely N-dealkylation sites (N-methyl/N-ethyl adjacent to an activating group) is 1. The standard InChI is InChI=1S/C17H26N4O2.HI/c1-21(14-8-4-3-5-9-14)16(22)12-19-17(18)20-13-7-6-10-15(11-13)23-2;/h6-7,10-11,14H,3-5,8-9,12H2,1-2H3,(H3,18,19,20);1H. The third-order valence-electron chi connectivity index (χ3n) is 4.24. The number of ether oxygens (including phenoxy) is 1. The lowest BCUT2D eigenvalue weighted by molar-refractivity contribution is -0.130. The van der Waals surface area contributed by atoms with Crippen LogP contribution in [0.1, 0.15) is 32.1 Å². The van der Waals surface area contributed by atoms with Crippen LogP contribution >= 0.6 is 24.0 Å².